The van der Waals surface area contributed by atoms with Crippen LogP contribution in [0.25, 0.3) is 0 Å². The third-order valence-corrected chi connectivity index (χ3v) is 3.79. The van der Waals surface area contributed by atoms with E-state index < -0.39 is 0 Å². The van der Waals surface area contributed by atoms with E-state index in [1.165, 1.54) is 32.1 Å². The topological polar surface area (TPSA) is 26.0 Å². The molecule has 0 aliphatic carbocycles. The lowest BCUT2D eigenvalue weighted by Gasteiger charge is -2.39. The molecule has 0 saturated carbocycles. The average Bonchev–Trinajstić information content (AvgIpc) is 2.02. The van der Waals surface area contributed by atoms with E-state index in [1.807, 2.05) is 0 Å². The summed E-state index contributed by atoms with van der Waals surface area (Å²) in [5.74, 6) is 0. The highest BCUT2D eigenvalue weighted by molar-refractivity contribution is 4.81. The summed E-state index contributed by atoms with van der Waals surface area (Å²) in [4.78, 5) is 0. The van der Waals surface area contributed by atoms with Crippen molar-refractivity contribution in [1.82, 2.24) is 0 Å². The zero-order valence-electron chi connectivity index (χ0n) is 10.8. The molecule has 1 heteroatoms. The van der Waals surface area contributed by atoms with Gasteiger partial charge in [0.05, 0.1) is 0 Å². The first-order chi connectivity index (χ1) is 6.31. The SMILES string of the molecule is CC(C)(C)C(C)(C)CCCCCCN. The molecular weight excluding hydrogens is 170 g/mol. The Hall–Kier alpha value is -0.0400. The number of hydrogen-bond donors (Lipinski definition) is 1. The van der Waals surface area contributed by atoms with Gasteiger partial charge >= 0.3 is 0 Å². The standard InChI is InChI=1S/C13H29N/c1-12(2,3)13(4,5)10-8-6-7-9-11-14/h6-11,14H2,1-5H3. The maximum Gasteiger partial charge on any atom is -0.00773 e. The Balaban J connectivity index is 3.67. The molecule has 0 aromatic rings. The van der Waals surface area contributed by atoms with Gasteiger partial charge in [0.1, 0.15) is 0 Å². The Bertz CT molecular complexity index is 142. The van der Waals surface area contributed by atoms with E-state index in [0.717, 1.165) is 6.54 Å². The third-order valence-electron chi connectivity index (χ3n) is 3.79. The van der Waals surface area contributed by atoms with Crippen LogP contribution in [0.5, 0.6) is 0 Å². The van der Waals surface area contributed by atoms with Crippen LogP contribution >= 0.6 is 0 Å². The van der Waals surface area contributed by atoms with E-state index in [4.69, 9.17) is 5.73 Å². The van der Waals surface area contributed by atoms with Crippen molar-refractivity contribution in [2.45, 2.75) is 66.7 Å². The quantitative estimate of drug-likeness (QED) is 0.644. The van der Waals surface area contributed by atoms with Gasteiger partial charge in [-0.3, -0.25) is 0 Å². The lowest BCUT2D eigenvalue weighted by atomic mass is 9.67. The molecule has 0 amide bonds. The van der Waals surface area contributed by atoms with Crippen LogP contribution in [0.1, 0.15) is 66.7 Å². The van der Waals surface area contributed by atoms with Crippen LogP contribution in [-0.4, -0.2) is 6.54 Å². The number of nitrogens with two attached hydrogens (primary N) is 1. The van der Waals surface area contributed by atoms with E-state index >= 15 is 0 Å². The van der Waals surface area contributed by atoms with Crippen molar-refractivity contribution in [3.05, 3.63) is 0 Å². The normalized spacial score (nSPS) is 13.3. The first-order valence-corrected chi connectivity index (χ1v) is 6.01. The molecule has 0 rings (SSSR count). The number of rotatable bonds is 6. The molecule has 0 unspecified atom stereocenters. The largest absolute Gasteiger partial charge is 0.330 e. The molecular formula is C13H29N. The summed E-state index contributed by atoms with van der Waals surface area (Å²) >= 11 is 0. The summed E-state index contributed by atoms with van der Waals surface area (Å²) in [6, 6.07) is 0. The van der Waals surface area contributed by atoms with Gasteiger partial charge in [-0.25, -0.2) is 0 Å². The molecule has 0 atom stereocenters. The molecule has 0 aromatic carbocycles. The molecule has 0 saturated heterocycles. The van der Waals surface area contributed by atoms with Crippen LogP contribution < -0.4 is 5.73 Å². The summed E-state index contributed by atoms with van der Waals surface area (Å²) in [6.45, 7) is 12.6. The van der Waals surface area contributed by atoms with E-state index in [2.05, 4.69) is 34.6 Å². The van der Waals surface area contributed by atoms with Crippen molar-refractivity contribution >= 4 is 0 Å². The Morgan fingerprint density at radius 2 is 1.29 bits per heavy atom. The number of unbranched alkanes of at least 4 members (excludes halogenated alkanes) is 3. The highest BCUT2D eigenvalue weighted by Gasteiger charge is 2.31. The molecule has 0 radical (unpaired) electrons. The van der Waals surface area contributed by atoms with Gasteiger partial charge < -0.3 is 5.73 Å². The van der Waals surface area contributed by atoms with Gasteiger partial charge in [-0.1, -0.05) is 53.9 Å². The van der Waals surface area contributed by atoms with Crippen molar-refractivity contribution in [1.29, 1.82) is 0 Å². The van der Waals surface area contributed by atoms with Crippen molar-refractivity contribution < 1.29 is 0 Å². The molecule has 14 heavy (non-hydrogen) atoms. The van der Waals surface area contributed by atoms with Gasteiger partial charge in [-0.15, -0.1) is 0 Å². The monoisotopic (exact) mass is 199 g/mol. The molecule has 0 aliphatic rings. The van der Waals surface area contributed by atoms with Crippen LogP contribution in [0.15, 0.2) is 0 Å². The Morgan fingerprint density at radius 3 is 1.71 bits per heavy atom. The molecule has 1 nitrogen and oxygen atoms in total. The summed E-state index contributed by atoms with van der Waals surface area (Å²) in [7, 11) is 0. The predicted molar refractivity (Wildman–Crippen MR) is 65.4 cm³/mol. The zero-order chi connectivity index (χ0) is 11.2. The fourth-order valence-electron chi connectivity index (χ4n) is 1.44. The summed E-state index contributed by atoms with van der Waals surface area (Å²) in [5.41, 5.74) is 6.34. The van der Waals surface area contributed by atoms with E-state index in [1.54, 1.807) is 0 Å². The minimum atomic E-state index is 0.418. The fourth-order valence-corrected chi connectivity index (χ4v) is 1.44. The minimum absolute atomic E-state index is 0.418. The Morgan fingerprint density at radius 1 is 0.786 bits per heavy atom. The second-order valence-corrected chi connectivity index (χ2v) is 6.09. The van der Waals surface area contributed by atoms with Crippen molar-refractivity contribution in [3.63, 3.8) is 0 Å². The molecule has 2 N–H and O–H groups in total. The van der Waals surface area contributed by atoms with E-state index in [0.29, 0.717) is 10.8 Å². The summed E-state index contributed by atoms with van der Waals surface area (Å²) in [5, 5.41) is 0. The maximum atomic E-state index is 5.47. The van der Waals surface area contributed by atoms with Crippen molar-refractivity contribution in [3.8, 4) is 0 Å². The minimum Gasteiger partial charge on any atom is -0.330 e. The highest BCUT2D eigenvalue weighted by atomic mass is 14.5. The van der Waals surface area contributed by atoms with Crippen LogP contribution in [0, 0.1) is 10.8 Å². The highest BCUT2D eigenvalue weighted by Crippen LogP contribution is 2.41. The molecule has 0 bridgehead atoms. The van der Waals surface area contributed by atoms with Gasteiger partial charge in [0, 0.05) is 0 Å². The fraction of sp³-hybridized carbons (Fsp3) is 1.00. The van der Waals surface area contributed by atoms with Crippen molar-refractivity contribution in [2.75, 3.05) is 6.54 Å². The second kappa shape index (κ2) is 5.75. The Labute approximate surface area is 90.5 Å². The molecule has 0 aliphatic heterocycles. The van der Waals surface area contributed by atoms with Gasteiger partial charge in [-0.2, -0.15) is 0 Å². The molecule has 0 aromatic heterocycles. The lowest BCUT2D eigenvalue weighted by Crippen LogP contribution is -2.29. The lowest BCUT2D eigenvalue weighted by molar-refractivity contribution is 0.115. The van der Waals surface area contributed by atoms with Gasteiger partial charge in [0.2, 0.25) is 0 Å². The van der Waals surface area contributed by atoms with Gasteiger partial charge in [0.25, 0.3) is 0 Å². The molecule has 0 spiro atoms. The molecule has 86 valence electrons. The maximum absolute atomic E-state index is 5.47. The van der Waals surface area contributed by atoms with E-state index in [9.17, 15) is 0 Å². The van der Waals surface area contributed by atoms with Crippen molar-refractivity contribution in [2.24, 2.45) is 16.6 Å². The smallest absolute Gasteiger partial charge is 0.00773 e. The third kappa shape index (κ3) is 4.99. The molecule has 0 heterocycles. The first-order valence-electron chi connectivity index (χ1n) is 6.01. The molecule has 0 fully saturated rings. The predicted octanol–water partition coefficient (Wildman–Crippen LogP) is 3.97. The zero-order valence-corrected chi connectivity index (χ0v) is 10.8. The van der Waals surface area contributed by atoms with Crippen LogP contribution in [-0.2, 0) is 0 Å². The Kier molecular flexibility index (Phi) is 5.73. The summed E-state index contributed by atoms with van der Waals surface area (Å²) < 4.78 is 0. The summed E-state index contributed by atoms with van der Waals surface area (Å²) in [6.07, 6.45) is 6.52. The first kappa shape index (κ1) is 14.0. The van der Waals surface area contributed by atoms with Crippen LogP contribution in [0.4, 0.5) is 0 Å². The van der Waals surface area contributed by atoms with Crippen LogP contribution in [0.3, 0.4) is 0 Å². The second-order valence-electron chi connectivity index (χ2n) is 6.09. The van der Waals surface area contributed by atoms with Gasteiger partial charge in [0.15, 0.2) is 0 Å². The number of hydrogen-bond acceptors (Lipinski definition) is 1. The van der Waals surface area contributed by atoms with Crippen LogP contribution in [0.2, 0.25) is 0 Å². The van der Waals surface area contributed by atoms with E-state index in [-0.39, 0.29) is 0 Å². The average molecular weight is 199 g/mol. The van der Waals surface area contributed by atoms with Gasteiger partial charge in [-0.05, 0) is 30.2 Å².